The molecule has 3 rings (SSSR count). The van der Waals surface area contributed by atoms with Crippen molar-refractivity contribution in [1.29, 1.82) is 0 Å². The van der Waals surface area contributed by atoms with Crippen molar-refractivity contribution in [2.24, 2.45) is 11.8 Å². The van der Waals surface area contributed by atoms with Gasteiger partial charge >= 0.3 is 5.97 Å². The van der Waals surface area contributed by atoms with Gasteiger partial charge in [-0.3, -0.25) is 0 Å². The van der Waals surface area contributed by atoms with Gasteiger partial charge in [-0.2, -0.15) is 0 Å². The number of rotatable bonds is 6. The van der Waals surface area contributed by atoms with E-state index in [1.54, 1.807) is 18.2 Å². The normalized spacial score (nSPS) is 22.4. The van der Waals surface area contributed by atoms with Crippen LogP contribution in [0.3, 0.4) is 0 Å². The minimum atomic E-state index is -0.305. The molecule has 1 saturated carbocycles. The molecule has 1 aromatic carbocycles. The standard InChI is InChI=1S/C18H22O5/c1-2-20-10-13-3-5-14(6-4-13)11-21-18(19)15-7-8-16-17(9-15)23-12-22-16/h2,7-9,13-14H,1,3-6,10-12H2. The van der Waals surface area contributed by atoms with Crippen LogP contribution in [-0.2, 0) is 9.47 Å². The van der Waals surface area contributed by atoms with Gasteiger partial charge in [-0.05, 0) is 55.7 Å². The predicted molar refractivity (Wildman–Crippen MR) is 84.4 cm³/mol. The highest BCUT2D eigenvalue weighted by Gasteiger charge is 2.23. The van der Waals surface area contributed by atoms with Crippen molar-refractivity contribution in [2.75, 3.05) is 20.0 Å². The molecule has 0 spiro atoms. The number of hydrogen-bond acceptors (Lipinski definition) is 5. The highest BCUT2D eigenvalue weighted by molar-refractivity contribution is 5.90. The summed E-state index contributed by atoms with van der Waals surface area (Å²) in [6, 6.07) is 5.12. The molecule has 23 heavy (non-hydrogen) atoms. The summed E-state index contributed by atoms with van der Waals surface area (Å²) in [5.74, 6) is 1.99. The average molecular weight is 318 g/mol. The van der Waals surface area contributed by atoms with Crippen molar-refractivity contribution in [3.8, 4) is 11.5 Å². The number of carbonyl (C=O) groups excluding carboxylic acids is 1. The van der Waals surface area contributed by atoms with Crippen molar-refractivity contribution >= 4 is 5.97 Å². The molecule has 1 fully saturated rings. The molecule has 0 amide bonds. The Balaban J connectivity index is 1.44. The fourth-order valence-electron chi connectivity index (χ4n) is 3.07. The van der Waals surface area contributed by atoms with Crippen molar-refractivity contribution < 1.29 is 23.7 Å². The molecule has 0 radical (unpaired) electrons. The van der Waals surface area contributed by atoms with E-state index in [1.807, 2.05) is 0 Å². The van der Waals surface area contributed by atoms with E-state index in [1.165, 1.54) is 6.26 Å². The Morgan fingerprint density at radius 3 is 2.57 bits per heavy atom. The Morgan fingerprint density at radius 2 is 1.83 bits per heavy atom. The van der Waals surface area contributed by atoms with Gasteiger partial charge in [-0.15, -0.1) is 0 Å². The zero-order valence-electron chi connectivity index (χ0n) is 13.2. The average Bonchev–Trinajstić information content (AvgIpc) is 3.06. The van der Waals surface area contributed by atoms with Crippen LogP contribution in [0.25, 0.3) is 0 Å². The molecule has 0 aromatic heterocycles. The SMILES string of the molecule is C=COCC1CCC(COC(=O)c2ccc3c(c2)OCO3)CC1. The molecule has 124 valence electrons. The highest BCUT2D eigenvalue weighted by Crippen LogP contribution is 2.33. The van der Waals surface area contributed by atoms with Crippen molar-refractivity contribution in [1.82, 2.24) is 0 Å². The third-order valence-corrected chi connectivity index (χ3v) is 4.47. The lowest BCUT2D eigenvalue weighted by molar-refractivity contribution is 0.0376. The molecule has 0 bridgehead atoms. The van der Waals surface area contributed by atoms with E-state index in [0.29, 0.717) is 35.5 Å². The van der Waals surface area contributed by atoms with Gasteiger partial charge in [0.25, 0.3) is 0 Å². The molecule has 1 aromatic rings. The Hall–Kier alpha value is -2.17. The molecule has 0 N–H and O–H groups in total. The van der Waals surface area contributed by atoms with Crippen LogP contribution in [0.1, 0.15) is 36.0 Å². The quantitative estimate of drug-likeness (QED) is 0.593. The lowest BCUT2D eigenvalue weighted by Gasteiger charge is -2.27. The van der Waals surface area contributed by atoms with Crippen LogP contribution < -0.4 is 9.47 Å². The Kier molecular flexibility index (Phi) is 5.05. The molecule has 0 unspecified atom stereocenters. The second-order valence-electron chi connectivity index (χ2n) is 6.05. The Morgan fingerprint density at radius 1 is 1.13 bits per heavy atom. The summed E-state index contributed by atoms with van der Waals surface area (Å²) >= 11 is 0. The maximum absolute atomic E-state index is 12.1. The molecule has 0 atom stereocenters. The van der Waals surface area contributed by atoms with Crippen molar-refractivity contribution in [2.45, 2.75) is 25.7 Å². The van der Waals surface area contributed by atoms with E-state index >= 15 is 0 Å². The number of carbonyl (C=O) groups is 1. The number of esters is 1. The van der Waals surface area contributed by atoms with Crippen molar-refractivity contribution in [3.63, 3.8) is 0 Å². The van der Waals surface area contributed by atoms with Gasteiger partial charge in [0, 0.05) is 0 Å². The topological polar surface area (TPSA) is 54.0 Å². The monoisotopic (exact) mass is 318 g/mol. The van der Waals surface area contributed by atoms with Crippen molar-refractivity contribution in [3.05, 3.63) is 36.6 Å². The van der Waals surface area contributed by atoms with Gasteiger partial charge < -0.3 is 18.9 Å². The fraction of sp³-hybridized carbons (Fsp3) is 0.500. The van der Waals surface area contributed by atoms with Crippen LogP contribution in [0.15, 0.2) is 31.0 Å². The van der Waals surface area contributed by atoms with Gasteiger partial charge in [-0.1, -0.05) is 6.58 Å². The first kappa shape index (κ1) is 15.7. The second kappa shape index (κ2) is 7.40. The smallest absolute Gasteiger partial charge is 0.338 e. The molecule has 1 aliphatic heterocycles. The molecule has 2 aliphatic rings. The summed E-state index contributed by atoms with van der Waals surface area (Å²) in [5.41, 5.74) is 0.502. The van der Waals surface area contributed by atoms with E-state index in [9.17, 15) is 4.79 Å². The van der Waals surface area contributed by atoms with E-state index in [4.69, 9.17) is 18.9 Å². The third-order valence-electron chi connectivity index (χ3n) is 4.47. The van der Waals surface area contributed by atoms with Gasteiger partial charge in [-0.25, -0.2) is 4.79 Å². The third kappa shape index (κ3) is 3.97. The first-order valence-electron chi connectivity index (χ1n) is 8.05. The van der Waals surface area contributed by atoms with E-state index < -0.39 is 0 Å². The Bertz CT molecular complexity index is 561. The van der Waals surface area contributed by atoms with E-state index in [0.717, 1.165) is 32.3 Å². The fourth-order valence-corrected chi connectivity index (χ4v) is 3.07. The maximum Gasteiger partial charge on any atom is 0.338 e. The summed E-state index contributed by atoms with van der Waals surface area (Å²) in [6.07, 6.45) is 5.86. The largest absolute Gasteiger partial charge is 0.502 e. The maximum atomic E-state index is 12.1. The minimum Gasteiger partial charge on any atom is -0.502 e. The molecule has 5 nitrogen and oxygen atoms in total. The summed E-state index contributed by atoms with van der Waals surface area (Å²) in [6.45, 7) is 4.98. The molecular weight excluding hydrogens is 296 g/mol. The van der Waals surface area contributed by atoms with E-state index in [2.05, 4.69) is 6.58 Å². The number of benzene rings is 1. The first-order valence-corrected chi connectivity index (χ1v) is 8.05. The van der Waals surface area contributed by atoms with Gasteiger partial charge in [0.05, 0.1) is 25.0 Å². The van der Waals surface area contributed by atoms with Crippen LogP contribution in [0.5, 0.6) is 11.5 Å². The zero-order valence-corrected chi connectivity index (χ0v) is 13.2. The molecule has 0 saturated heterocycles. The summed E-state index contributed by atoms with van der Waals surface area (Å²) in [5, 5.41) is 0. The molecule has 1 heterocycles. The van der Waals surface area contributed by atoms with Crippen LogP contribution in [-0.4, -0.2) is 26.0 Å². The lowest BCUT2D eigenvalue weighted by Crippen LogP contribution is -2.22. The zero-order chi connectivity index (χ0) is 16.1. The van der Waals surface area contributed by atoms with Crippen LogP contribution >= 0.6 is 0 Å². The summed E-state index contributed by atoms with van der Waals surface area (Å²) in [4.78, 5) is 12.1. The number of ether oxygens (including phenoxy) is 4. The number of hydrogen-bond donors (Lipinski definition) is 0. The van der Waals surface area contributed by atoms with Crippen LogP contribution in [0, 0.1) is 11.8 Å². The molecule has 1 aliphatic carbocycles. The predicted octanol–water partition coefficient (Wildman–Crippen LogP) is 3.54. The minimum absolute atomic E-state index is 0.201. The van der Waals surface area contributed by atoms with Gasteiger partial charge in [0.2, 0.25) is 6.79 Å². The van der Waals surface area contributed by atoms with Crippen LogP contribution in [0.2, 0.25) is 0 Å². The first-order chi connectivity index (χ1) is 11.3. The molecular formula is C18H22O5. The lowest BCUT2D eigenvalue weighted by atomic mass is 9.83. The molecule has 5 heteroatoms. The number of fused-ring (bicyclic) bond motifs is 1. The van der Waals surface area contributed by atoms with Gasteiger partial charge in [0.1, 0.15) is 0 Å². The summed E-state index contributed by atoms with van der Waals surface area (Å²) < 4.78 is 21.2. The summed E-state index contributed by atoms with van der Waals surface area (Å²) in [7, 11) is 0. The van der Waals surface area contributed by atoms with Gasteiger partial charge in [0.15, 0.2) is 11.5 Å². The second-order valence-corrected chi connectivity index (χ2v) is 6.05. The highest BCUT2D eigenvalue weighted by atomic mass is 16.7. The van der Waals surface area contributed by atoms with Crippen LogP contribution in [0.4, 0.5) is 0 Å². The van der Waals surface area contributed by atoms with E-state index in [-0.39, 0.29) is 12.8 Å². The Labute approximate surface area is 136 Å².